The van der Waals surface area contributed by atoms with Crippen LogP contribution in [0, 0.1) is 11.3 Å². The molecule has 0 aromatic carbocycles. The molecular formula is C11H12ClN5. The Labute approximate surface area is 104 Å². The first-order chi connectivity index (χ1) is 8.06. The molecule has 0 saturated carbocycles. The van der Waals surface area contributed by atoms with Crippen molar-refractivity contribution in [1.82, 2.24) is 19.6 Å². The molecule has 5 nitrogen and oxygen atoms in total. The maximum atomic E-state index is 9.17. The highest BCUT2D eigenvalue weighted by Gasteiger charge is 2.20. The molecule has 0 radical (unpaired) electrons. The van der Waals surface area contributed by atoms with Crippen LogP contribution in [0.3, 0.4) is 0 Å². The van der Waals surface area contributed by atoms with Crippen LogP contribution in [0.1, 0.15) is 25.5 Å². The highest BCUT2D eigenvalue weighted by atomic mass is 35.5. The fraction of sp³-hybridized carbons (Fsp3) is 0.364. The minimum absolute atomic E-state index is 0.108. The van der Waals surface area contributed by atoms with E-state index in [-0.39, 0.29) is 6.04 Å². The van der Waals surface area contributed by atoms with Gasteiger partial charge in [-0.25, -0.2) is 4.68 Å². The molecule has 0 spiro atoms. The lowest BCUT2D eigenvalue weighted by Crippen LogP contribution is -2.03. The molecule has 0 saturated heterocycles. The van der Waals surface area contributed by atoms with Crippen molar-refractivity contribution in [1.29, 1.82) is 5.26 Å². The fourth-order valence-corrected chi connectivity index (χ4v) is 2.01. The number of rotatable bonds is 2. The monoisotopic (exact) mass is 249 g/mol. The molecule has 0 unspecified atom stereocenters. The van der Waals surface area contributed by atoms with Gasteiger partial charge in [-0.05, 0) is 19.9 Å². The quantitative estimate of drug-likeness (QED) is 0.821. The first kappa shape index (κ1) is 11.7. The summed E-state index contributed by atoms with van der Waals surface area (Å²) in [6.07, 6.45) is 1.67. The van der Waals surface area contributed by atoms with E-state index in [0.29, 0.717) is 16.4 Å². The molecule has 2 aromatic rings. The Morgan fingerprint density at radius 3 is 2.65 bits per heavy atom. The number of aromatic nitrogens is 4. The van der Waals surface area contributed by atoms with E-state index in [1.807, 2.05) is 19.9 Å². The summed E-state index contributed by atoms with van der Waals surface area (Å²) in [6.45, 7) is 3.93. The van der Waals surface area contributed by atoms with Gasteiger partial charge in [-0.1, -0.05) is 11.6 Å². The van der Waals surface area contributed by atoms with Crippen molar-refractivity contribution in [3.05, 3.63) is 23.0 Å². The Hall–Kier alpha value is -1.80. The number of aryl methyl sites for hydroxylation is 1. The number of nitriles is 1. The van der Waals surface area contributed by atoms with Crippen LogP contribution in [0.25, 0.3) is 11.4 Å². The van der Waals surface area contributed by atoms with Gasteiger partial charge in [0.15, 0.2) is 0 Å². The zero-order valence-electron chi connectivity index (χ0n) is 9.85. The molecule has 0 aliphatic rings. The van der Waals surface area contributed by atoms with E-state index >= 15 is 0 Å². The average Bonchev–Trinajstić information content (AvgIpc) is 2.81. The summed E-state index contributed by atoms with van der Waals surface area (Å²) >= 11 is 6.14. The van der Waals surface area contributed by atoms with Crippen molar-refractivity contribution < 1.29 is 0 Å². The van der Waals surface area contributed by atoms with Gasteiger partial charge >= 0.3 is 0 Å². The van der Waals surface area contributed by atoms with Crippen molar-refractivity contribution in [3.63, 3.8) is 0 Å². The second kappa shape index (κ2) is 4.22. The summed E-state index contributed by atoms with van der Waals surface area (Å²) in [7, 11) is 1.80. The molecule has 2 rings (SSSR count). The summed E-state index contributed by atoms with van der Waals surface area (Å²) < 4.78 is 3.31. The molecule has 88 valence electrons. The van der Waals surface area contributed by atoms with E-state index in [1.165, 1.54) is 0 Å². The van der Waals surface area contributed by atoms with Gasteiger partial charge in [0.1, 0.15) is 22.5 Å². The van der Waals surface area contributed by atoms with Crippen LogP contribution in [0.4, 0.5) is 0 Å². The third kappa shape index (κ3) is 1.81. The first-order valence-electron chi connectivity index (χ1n) is 5.22. The van der Waals surface area contributed by atoms with E-state index in [4.69, 9.17) is 16.9 Å². The molecule has 0 aliphatic heterocycles. The van der Waals surface area contributed by atoms with Crippen molar-refractivity contribution in [2.24, 2.45) is 7.05 Å². The molecule has 0 amide bonds. The molecular weight excluding hydrogens is 238 g/mol. The van der Waals surface area contributed by atoms with E-state index < -0.39 is 0 Å². The van der Waals surface area contributed by atoms with Gasteiger partial charge in [-0.3, -0.25) is 4.68 Å². The number of nitrogens with zero attached hydrogens (tertiary/aromatic N) is 5. The SMILES string of the molecule is CC(C)n1nc(-c2ccnn2C)c(C#N)c1Cl. The Morgan fingerprint density at radius 2 is 2.18 bits per heavy atom. The van der Waals surface area contributed by atoms with Crippen LogP contribution in [-0.2, 0) is 7.05 Å². The highest BCUT2D eigenvalue weighted by Crippen LogP contribution is 2.29. The first-order valence-corrected chi connectivity index (χ1v) is 5.60. The lowest BCUT2D eigenvalue weighted by atomic mass is 10.2. The Kier molecular flexibility index (Phi) is 2.90. The predicted molar refractivity (Wildman–Crippen MR) is 64.5 cm³/mol. The lowest BCUT2D eigenvalue weighted by molar-refractivity contribution is 0.534. The van der Waals surface area contributed by atoms with E-state index in [9.17, 15) is 0 Å². The van der Waals surface area contributed by atoms with Crippen molar-refractivity contribution in [3.8, 4) is 17.5 Å². The summed E-state index contributed by atoms with van der Waals surface area (Å²) in [6, 6.07) is 4.02. The van der Waals surface area contributed by atoms with Gasteiger partial charge in [0, 0.05) is 19.3 Å². The van der Waals surface area contributed by atoms with Gasteiger partial charge in [0.2, 0.25) is 0 Å². The molecule has 0 aliphatic carbocycles. The van der Waals surface area contributed by atoms with Crippen LogP contribution < -0.4 is 0 Å². The van der Waals surface area contributed by atoms with E-state index in [1.54, 1.807) is 22.6 Å². The molecule has 6 heteroatoms. The average molecular weight is 250 g/mol. The summed E-state index contributed by atoms with van der Waals surface area (Å²) in [5.74, 6) is 0. The van der Waals surface area contributed by atoms with Crippen LogP contribution in [-0.4, -0.2) is 19.6 Å². The number of hydrogen-bond acceptors (Lipinski definition) is 3. The Morgan fingerprint density at radius 1 is 1.47 bits per heavy atom. The molecule has 2 heterocycles. The van der Waals surface area contributed by atoms with Gasteiger partial charge in [-0.15, -0.1) is 0 Å². The lowest BCUT2D eigenvalue weighted by Gasteiger charge is -2.05. The third-order valence-corrected chi connectivity index (χ3v) is 2.88. The van der Waals surface area contributed by atoms with Crippen LogP contribution >= 0.6 is 11.6 Å². The van der Waals surface area contributed by atoms with Gasteiger partial charge in [0.05, 0.1) is 5.69 Å². The molecule has 0 atom stereocenters. The smallest absolute Gasteiger partial charge is 0.145 e. The zero-order valence-corrected chi connectivity index (χ0v) is 10.6. The largest absolute Gasteiger partial charge is 0.266 e. The third-order valence-electron chi connectivity index (χ3n) is 2.52. The standard InChI is InChI=1S/C11H12ClN5/c1-7(2)17-11(12)8(6-13)10(15-17)9-4-5-14-16(9)3/h4-5,7H,1-3H3. The summed E-state index contributed by atoms with van der Waals surface area (Å²) in [5.41, 5.74) is 1.75. The molecule has 2 aromatic heterocycles. The van der Waals surface area contributed by atoms with Gasteiger partial charge < -0.3 is 0 Å². The van der Waals surface area contributed by atoms with Gasteiger partial charge in [-0.2, -0.15) is 15.5 Å². The maximum absolute atomic E-state index is 9.17. The topological polar surface area (TPSA) is 59.4 Å². The van der Waals surface area contributed by atoms with Crippen LogP contribution in [0.5, 0.6) is 0 Å². The van der Waals surface area contributed by atoms with E-state index in [0.717, 1.165) is 5.69 Å². The number of halogens is 1. The van der Waals surface area contributed by atoms with Crippen LogP contribution in [0.15, 0.2) is 12.3 Å². The van der Waals surface area contributed by atoms with Crippen LogP contribution in [0.2, 0.25) is 5.15 Å². The Bertz CT molecular complexity index is 588. The maximum Gasteiger partial charge on any atom is 0.145 e. The highest BCUT2D eigenvalue weighted by molar-refractivity contribution is 6.31. The Balaban J connectivity index is 2.68. The fourth-order valence-electron chi connectivity index (χ4n) is 1.64. The molecule has 0 fully saturated rings. The molecule has 0 bridgehead atoms. The zero-order chi connectivity index (χ0) is 12.6. The van der Waals surface area contributed by atoms with Crippen molar-refractivity contribution >= 4 is 11.6 Å². The van der Waals surface area contributed by atoms with Crippen molar-refractivity contribution in [2.75, 3.05) is 0 Å². The van der Waals surface area contributed by atoms with Gasteiger partial charge in [0.25, 0.3) is 0 Å². The number of hydrogen-bond donors (Lipinski definition) is 0. The molecule has 17 heavy (non-hydrogen) atoms. The predicted octanol–water partition coefficient (Wildman–Crippen LogP) is 2.39. The summed E-state index contributed by atoms with van der Waals surface area (Å²) in [4.78, 5) is 0. The normalized spacial score (nSPS) is 10.8. The van der Waals surface area contributed by atoms with E-state index in [2.05, 4.69) is 16.3 Å². The van der Waals surface area contributed by atoms with Crippen molar-refractivity contribution in [2.45, 2.75) is 19.9 Å². The summed E-state index contributed by atoms with van der Waals surface area (Å²) in [5, 5.41) is 18.0. The minimum Gasteiger partial charge on any atom is -0.266 e. The second-order valence-corrected chi connectivity index (χ2v) is 4.36. The minimum atomic E-state index is 0.108. The second-order valence-electron chi connectivity index (χ2n) is 4.00. The molecule has 0 N–H and O–H groups in total.